The van der Waals surface area contributed by atoms with Crippen molar-refractivity contribution < 1.29 is 9.53 Å². The van der Waals surface area contributed by atoms with Crippen LogP contribution in [0.1, 0.15) is 35.3 Å². The third-order valence-corrected chi connectivity index (χ3v) is 2.92. The molecule has 0 aliphatic carbocycles. The van der Waals surface area contributed by atoms with Gasteiger partial charge >= 0.3 is 0 Å². The normalized spacial score (nSPS) is 13.8. The van der Waals surface area contributed by atoms with E-state index in [1.807, 2.05) is 26.0 Å². The first-order chi connectivity index (χ1) is 8.66. The van der Waals surface area contributed by atoms with E-state index >= 15 is 0 Å². The molecule has 0 atom stereocenters. The molecule has 0 fully saturated rings. The molecule has 0 unspecified atom stereocenters. The summed E-state index contributed by atoms with van der Waals surface area (Å²) in [6.45, 7) is 7.01. The second kappa shape index (κ2) is 5.98. The average molecular weight is 248 g/mol. The molecule has 2 N–H and O–H groups in total. The Labute approximate surface area is 108 Å². The molecule has 2 rings (SSSR count). The van der Waals surface area contributed by atoms with Gasteiger partial charge in [-0.15, -0.1) is 0 Å². The lowest BCUT2D eigenvalue weighted by atomic mass is 10.1. The molecule has 0 saturated carbocycles. The molecule has 0 aromatic heterocycles. The van der Waals surface area contributed by atoms with E-state index in [2.05, 4.69) is 16.7 Å². The van der Waals surface area contributed by atoms with Crippen LogP contribution in [0.3, 0.4) is 0 Å². The van der Waals surface area contributed by atoms with Gasteiger partial charge in [0.15, 0.2) is 0 Å². The highest BCUT2D eigenvalue weighted by molar-refractivity contribution is 5.98. The lowest BCUT2D eigenvalue weighted by Gasteiger charge is -2.09. The van der Waals surface area contributed by atoms with Gasteiger partial charge < -0.3 is 15.4 Å². The monoisotopic (exact) mass is 248 g/mol. The van der Waals surface area contributed by atoms with Gasteiger partial charge in [0.2, 0.25) is 0 Å². The van der Waals surface area contributed by atoms with Crippen LogP contribution in [-0.4, -0.2) is 25.2 Å². The number of ether oxygens (including phenoxy) is 1. The summed E-state index contributed by atoms with van der Waals surface area (Å²) < 4.78 is 5.44. The van der Waals surface area contributed by atoms with Crippen molar-refractivity contribution in [1.29, 1.82) is 0 Å². The number of nitrogens with one attached hydrogen (secondary N) is 2. The smallest absolute Gasteiger partial charge is 0.251 e. The Hall–Kier alpha value is -1.39. The SMILES string of the molecule is CC(C)OCCNCc1ccc2c(c1)C(=O)NC2. The van der Waals surface area contributed by atoms with E-state index < -0.39 is 0 Å². The first-order valence-electron chi connectivity index (χ1n) is 6.39. The van der Waals surface area contributed by atoms with E-state index in [9.17, 15) is 4.79 Å². The summed E-state index contributed by atoms with van der Waals surface area (Å²) in [5.41, 5.74) is 3.04. The highest BCUT2D eigenvalue weighted by Crippen LogP contribution is 2.16. The van der Waals surface area contributed by atoms with Gasteiger partial charge in [0.25, 0.3) is 5.91 Å². The second-order valence-electron chi connectivity index (χ2n) is 4.77. The molecule has 0 bridgehead atoms. The highest BCUT2D eigenvalue weighted by atomic mass is 16.5. The van der Waals surface area contributed by atoms with Gasteiger partial charge in [-0.1, -0.05) is 12.1 Å². The summed E-state index contributed by atoms with van der Waals surface area (Å²) in [4.78, 5) is 11.5. The number of hydrogen-bond acceptors (Lipinski definition) is 3. The predicted molar refractivity (Wildman–Crippen MR) is 70.4 cm³/mol. The van der Waals surface area contributed by atoms with Crippen LogP contribution in [0.4, 0.5) is 0 Å². The summed E-state index contributed by atoms with van der Waals surface area (Å²) in [5.74, 6) is 0.0370. The van der Waals surface area contributed by atoms with Crippen LogP contribution in [0.15, 0.2) is 18.2 Å². The number of fused-ring (bicyclic) bond motifs is 1. The Morgan fingerprint density at radius 1 is 1.44 bits per heavy atom. The van der Waals surface area contributed by atoms with Crippen molar-refractivity contribution in [2.24, 2.45) is 0 Å². The third kappa shape index (κ3) is 3.31. The van der Waals surface area contributed by atoms with E-state index in [1.54, 1.807) is 0 Å². The Morgan fingerprint density at radius 2 is 2.28 bits per heavy atom. The molecule has 1 aromatic carbocycles. The van der Waals surface area contributed by atoms with Gasteiger partial charge in [0.1, 0.15) is 0 Å². The lowest BCUT2D eigenvalue weighted by molar-refractivity contribution is 0.0807. The Morgan fingerprint density at radius 3 is 3.06 bits per heavy atom. The molecule has 18 heavy (non-hydrogen) atoms. The summed E-state index contributed by atoms with van der Waals surface area (Å²) in [6, 6.07) is 6.05. The van der Waals surface area contributed by atoms with Crippen LogP contribution in [0.25, 0.3) is 0 Å². The lowest BCUT2D eigenvalue weighted by Crippen LogP contribution is -2.21. The molecule has 0 saturated heterocycles. The quantitative estimate of drug-likeness (QED) is 0.749. The topological polar surface area (TPSA) is 50.4 Å². The van der Waals surface area contributed by atoms with E-state index in [4.69, 9.17) is 4.74 Å². The number of rotatable bonds is 6. The van der Waals surface area contributed by atoms with E-state index in [0.29, 0.717) is 13.2 Å². The summed E-state index contributed by atoms with van der Waals surface area (Å²) >= 11 is 0. The fourth-order valence-corrected chi connectivity index (χ4v) is 1.97. The van der Waals surface area contributed by atoms with Gasteiger partial charge in [-0.3, -0.25) is 4.79 Å². The zero-order chi connectivity index (χ0) is 13.0. The number of carbonyl (C=O) groups is 1. The van der Waals surface area contributed by atoms with E-state index in [-0.39, 0.29) is 12.0 Å². The molecule has 0 radical (unpaired) electrons. The number of benzene rings is 1. The van der Waals surface area contributed by atoms with Crippen molar-refractivity contribution in [2.45, 2.75) is 33.0 Å². The Kier molecular flexibility index (Phi) is 4.33. The van der Waals surface area contributed by atoms with Crippen LogP contribution < -0.4 is 10.6 Å². The Balaban J connectivity index is 1.80. The van der Waals surface area contributed by atoms with Gasteiger partial charge in [0.05, 0.1) is 12.7 Å². The molecule has 1 amide bonds. The molecule has 98 valence electrons. The zero-order valence-corrected chi connectivity index (χ0v) is 11.0. The van der Waals surface area contributed by atoms with Gasteiger partial charge in [-0.2, -0.15) is 0 Å². The van der Waals surface area contributed by atoms with Crippen LogP contribution in [0.5, 0.6) is 0 Å². The van der Waals surface area contributed by atoms with Crippen molar-refractivity contribution in [3.8, 4) is 0 Å². The maximum absolute atomic E-state index is 11.5. The van der Waals surface area contributed by atoms with Crippen molar-refractivity contribution >= 4 is 5.91 Å². The molecule has 1 aromatic rings. The zero-order valence-electron chi connectivity index (χ0n) is 11.0. The summed E-state index contributed by atoms with van der Waals surface area (Å²) in [5, 5.41) is 6.13. The van der Waals surface area contributed by atoms with Crippen LogP contribution in [0.2, 0.25) is 0 Å². The predicted octanol–water partition coefficient (Wildman–Crippen LogP) is 1.44. The van der Waals surface area contributed by atoms with Gasteiger partial charge in [-0.05, 0) is 31.0 Å². The second-order valence-corrected chi connectivity index (χ2v) is 4.77. The van der Waals surface area contributed by atoms with Gasteiger partial charge in [0, 0.05) is 25.2 Å². The fraction of sp³-hybridized carbons (Fsp3) is 0.500. The number of carbonyl (C=O) groups excluding carboxylic acids is 1. The molecule has 1 aliphatic rings. The minimum atomic E-state index is 0.0370. The standard InChI is InChI=1S/C14H20N2O2/c1-10(2)18-6-5-15-8-11-3-4-12-9-16-14(17)13(12)7-11/h3-4,7,10,15H,5-6,8-9H2,1-2H3,(H,16,17). The molecule has 4 heteroatoms. The summed E-state index contributed by atoms with van der Waals surface area (Å²) in [7, 11) is 0. The number of amides is 1. The Bertz CT molecular complexity index is 430. The van der Waals surface area contributed by atoms with E-state index in [1.165, 1.54) is 0 Å². The van der Waals surface area contributed by atoms with Crippen LogP contribution in [-0.2, 0) is 17.8 Å². The molecule has 1 heterocycles. The first kappa shape index (κ1) is 13.1. The maximum Gasteiger partial charge on any atom is 0.251 e. The van der Waals surface area contributed by atoms with Crippen LogP contribution in [0, 0.1) is 0 Å². The molecular weight excluding hydrogens is 228 g/mol. The fourth-order valence-electron chi connectivity index (χ4n) is 1.97. The number of hydrogen-bond donors (Lipinski definition) is 2. The molecular formula is C14H20N2O2. The van der Waals surface area contributed by atoms with Crippen molar-refractivity contribution in [3.63, 3.8) is 0 Å². The minimum Gasteiger partial charge on any atom is -0.377 e. The first-order valence-corrected chi connectivity index (χ1v) is 6.39. The molecule has 4 nitrogen and oxygen atoms in total. The minimum absolute atomic E-state index is 0.0370. The highest BCUT2D eigenvalue weighted by Gasteiger charge is 2.18. The molecule has 1 aliphatic heterocycles. The summed E-state index contributed by atoms with van der Waals surface area (Å²) in [6.07, 6.45) is 0.274. The van der Waals surface area contributed by atoms with Crippen LogP contribution >= 0.6 is 0 Å². The largest absolute Gasteiger partial charge is 0.377 e. The van der Waals surface area contributed by atoms with Crippen molar-refractivity contribution in [3.05, 3.63) is 34.9 Å². The van der Waals surface area contributed by atoms with Crippen molar-refractivity contribution in [1.82, 2.24) is 10.6 Å². The third-order valence-electron chi connectivity index (χ3n) is 2.92. The van der Waals surface area contributed by atoms with E-state index in [0.717, 1.165) is 29.8 Å². The molecule has 0 spiro atoms. The van der Waals surface area contributed by atoms with Crippen molar-refractivity contribution in [2.75, 3.05) is 13.2 Å². The maximum atomic E-state index is 11.5. The average Bonchev–Trinajstić information content (AvgIpc) is 2.70. The van der Waals surface area contributed by atoms with Gasteiger partial charge in [-0.25, -0.2) is 0 Å².